The number of morpholine rings is 1. The first-order valence-electron chi connectivity index (χ1n) is 14.2. The quantitative estimate of drug-likeness (QED) is 0.426. The van der Waals surface area contributed by atoms with Gasteiger partial charge in [-0.3, -0.25) is 19.3 Å². The molecule has 1 amide bonds. The summed E-state index contributed by atoms with van der Waals surface area (Å²) < 4.78 is 11.0. The first kappa shape index (κ1) is 30.7. The van der Waals surface area contributed by atoms with E-state index in [1.807, 2.05) is 18.7 Å². The number of amides is 1. The van der Waals surface area contributed by atoms with E-state index in [0.29, 0.717) is 64.1 Å². The number of cyclic esters (lactones) is 1. The third-order valence-electron chi connectivity index (χ3n) is 7.51. The van der Waals surface area contributed by atoms with Crippen LogP contribution in [0, 0.1) is 23.7 Å². The molecule has 2 aliphatic rings. The molecule has 0 aromatic carbocycles. The smallest absolute Gasteiger partial charge is 0.316 e. The molecule has 1 unspecified atom stereocenters. The van der Waals surface area contributed by atoms with Gasteiger partial charge in [-0.25, -0.2) is 0 Å². The number of ether oxygens (including phenoxy) is 2. The van der Waals surface area contributed by atoms with Gasteiger partial charge in [0.25, 0.3) is 0 Å². The van der Waals surface area contributed by atoms with Crippen LogP contribution in [0.25, 0.3) is 0 Å². The molecule has 0 radical (unpaired) electrons. The molecule has 0 N–H and O–H groups in total. The molecule has 0 aromatic rings. The second-order valence-corrected chi connectivity index (χ2v) is 11.2. The van der Waals surface area contributed by atoms with Crippen molar-refractivity contribution in [1.29, 1.82) is 0 Å². The fourth-order valence-electron chi connectivity index (χ4n) is 5.59. The number of hydrogen-bond donors (Lipinski definition) is 0. The summed E-state index contributed by atoms with van der Waals surface area (Å²) in [5.74, 6) is -0.112. The molecular formula is C28H51N3O5. The number of carbonyl (C=O) groups is 3. The zero-order valence-electron chi connectivity index (χ0n) is 23.5. The van der Waals surface area contributed by atoms with Gasteiger partial charge < -0.3 is 19.3 Å². The highest BCUT2D eigenvalue weighted by Gasteiger charge is 2.31. The average molecular weight is 510 g/mol. The lowest BCUT2D eigenvalue weighted by molar-refractivity contribution is -0.153. The molecule has 2 aliphatic heterocycles. The van der Waals surface area contributed by atoms with Crippen LogP contribution in [0.3, 0.4) is 0 Å². The Kier molecular flexibility index (Phi) is 14.0. The van der Waals surface area contributed by atoms with Gasteiger partial charge in [-0.2, -0.15) is 0 Å². The summed E-state index contributed by atoms with van der Waals surface area (Å²) in [6.45, 7) is 15.2. The van der Waals surface area contributed by atoms with Crippen molar-refractivity contribution in [2.45, 2.75) is 66.2 Å². The number of hydrogen-bond acceptors (Lipinski definition) is 7. The highest BCUT2D eigenvalue weighted by atomic mass is 16.5. The Balaban J connectivity index is 2.05. The number of ketones is 1. The van der Waals surface area contributed by atoms with Crippen molar-refractivity contribution in [3.63, 3.8) is 0 Å². The van der Waals surface area contributed by atoms with Gasteiger partial charge in [-0.05, 0) is 51.0 Å². The Morgan fingerprint density at radius 3 is 2.33 bits per heavy atom. The number of likely N-dealkylation sites (N-methyl/N-ethyl adjacent to an activating group) is 1. The standard InChI is InChI=1S/C28H51N3O5/c1-6-9-25-27(33)24(4)19-22(2)18-23(3)20-29(5)11-12-31(10-7-8-15-36-28(25)34)26(32)21-30-13-16-35-17-14-30/h22-25H,6-21H2,1-5H3/t22-,23-,24-,25?/m1/s1. The molecule has 4 atom stereocenters. The second kappa shape index (κ2) is 16.4. The summed E-state index contributed by atoms with van der Waals surface area (Å²) in [7, 11) is 2.13. The fraction of sp³-hybridized carbons (Fsp3) is 0.893. The van der Waals surface area contributed by atoms with Crippen molar-refractivity contribution < 1.29 is 23.9 Å². The molecule has 36 heavy (non-hydrogen) atoms. The lowest BCUT2D eigenvalue weighted by Crippen LogP contribution is -2.47. The van der Waals surface area contributed by atoms with Gasteiger partial charge in [0, 0.05) is 45.2 Å². The van der Waals surface area contributed by atoms with E-state index in [1.54, 1.807) is 0 Å². The zero-order valence-corrected chi connectivity index (χ0v) is 23.5. The Morgan fingerprint density at radius 1 is 0.917 bits per heavy atom. The zero-order chi connectivity index (χ0) is 26.5. The molecule has 8 nitrogen and oxygen atoms in total. The maximum absolute atomic E-state index is 13.1. The minimum atomic E-state index is -0.661. The van der Waals surface area contributed by atoms with Gasteiger partial charge in [0.05, 0.1) is 26.4 Å². The van der Waals surface area contributed by atoms with Gasteiger partial charge in [0.2, 0.25) is 5.91 Å². The molecule has 0 bridgehead atoms. The number of carbonyl (C=O) groups excluding carboxylic acids is 3. The highest BCUT2D eigenvalue weighted by Crippen LogP contribution is 2.25. The van der Waals surface area contributed by atoms with Crippen molar-refractivity contribution in [1.82, 2.24) is 14.7 Å². The van der Waals surface area contributed by atoms with Crippen molar-refractivity contribution in [3.05, 3.63) is 0 Å². The van der Waals surface area contributed by atoms with Crippen LogP contribution in [-0.4, -0.2) is 105 Å². The molecule has 2 fully saturated rings. The molecular weight excluding hydrogens is 458 g/mol. The maximum Gasteiger partial charge on any atom is 0.316 e. The average Bonchev–Trinajstić information content (AvgIpc) is 2.83. The van der Waals surface area contributed by atoms with Crippen LogP contribution >= 0.6 is 0 Å². The van der Waals surface area contributed by atoms with E-state index in [9.17, 15) is 14.4 Å². The van der Waals surface area contributed by atoms with Gasteiger partial charge in [0.15, 0.2) is 0 Å². The second-order valence-electron chi connectivity index (χ2n) is 11.2. The topological polar surface area (TPSA) is 79.4 Å². The van der Waals surface area contributed by atoms with Crippen LogP contribution in [0.15, 0.2) is 0 Å². The number of nitrogens with zero attached hydrogens (tertiary/aromatic N) is 3. The summed E-state index contributed by atoms with van der Waals surface area (Å²) in [5, 5.41) is 0. The number of esters is 1. The summed E-state index contributed by atoms with van der Waals surface area (Å²) in [5.41, 5.74) is 0. The minimum Gasteiger partial charge on any atom is -0.465 e. The molecule has 8 heteroatoms. The minimum absolute atomic E-state index is 0.0273. The van der Waals surface area contributed by atoms with Crippen molar-refractivity contribution in [2.75, 3.05) is 72.7 Å². The van der Waals surface area contributed by atoms with Crippen molar-refractivity contribution >= 4 is 17.7 Å². The largest absolute Gasteiger partial charge is 0.465 e. The number of rotatable bonds is 4. The Morgan fingerprint density at radius 2 is 1.64 bits per heavy atom. The highest BCUT2D eigenvalue weighted by molar-refractivity contribution is 6.00. The van der Waals surface area contributed by atoms with E-state index in [-0.39, 0.29) is 23.6 Å². The van der Waals surface area contributed by atoms with E-state index in [0.717, 1.165) is 51.9 Å². The Bertz CT molecular complexity index is 682. The van der Waals surface area contributed by atoms with Gasteiger partial charge in [-0.1, -0.05) is 34.1 Å². The fourth-order valence-corrected chi connectivity index (χ4v) is 5.59. The Labute approximate surface area is 219 Å². The van der Waals surface area contributed by atoms with E-state index in [4.69, 9.17) is 9.47 Å². The molecule has 2 saturated heterocycles. The van der Waals surface area contributed by atoms with Gasteiger partial charge in [0.1, 0.15) is 11.7 Å². The van der Waals surface area contributed by atoms with Crippen LogP contribution in [-0.2, 0) is 23.9 Å². The maximum atomic E-state index is 13.1. The van der Waals surface area contributed by atoms with Crippen molar-refractivity contribution in [3.8, 4) is 0 Å². The summed E-state index contributed by atoms with van der Waals surface area (Å²) in [6.07, 6.45) is 4.59. The van der Waals surface area contributed by atoms with E-state index < -0.39 is 5.92 Å². The third kappa shape index (κ3) is 10.9. The van der Waals surface area contributed by atoms with Crippen molar-refractivity contribution in [2.24, 2.45) is 23.7 Å². The predicted molar refractivity (Wildman–Crippen MR) is 142 cm³/mol. The van der Waals surface area contributed by atoms with E-state index in [2.05, 4.69) is 30.7 Å². The first-order valence-corrected chi connectivity index (χ1v) is 14.2. The molecule has 0 aliphatic carbocycles. The van der Waals surface area contributed by atoms with Crippen LogP contribution in [0.2, 0.25) is 0 Å². The molecule has 2 heterocycles. The predicted octanol–water partition coefficient (Wildman–Crippen LogP) is 3.09. The van der Waals surface area contributed by atoms with E-state index in [1.165, 1.54) is 0 Å². The summed E-state index contributed by atoms with van der Waals surface area (Å²) in [6, 6.07) is 0. The van der Waals surface area contributed by atoms with Crippen LogP contribution < -0.4 is 0 Å². The molecule has 208 valence electrons. The lowest BCUT2D eigenvalue weighted by atomic mass is 9.83. The van der Waals surface area contributed by atoms with Crippen LogP contribution in [0.1, 0.15) is 66.2 Å². The summed E-state index contributed by atoms with van der Waals surface area (Å²) >= 11 is 0. The van der Waals surface area contributed by atoms with Gasteiger partial charge >= 0.3 is 5.97 Å². The Hall–Kier alpha value is -1.51. The molecule has 0 spiro atoms. The normalized spacial score (nSPS) is 29.9. The lowest BCUT2D eigenvalue weighted by Gasteiger charge is -2.31. The van der Waals surface area contributed by atoms with Crippen LogP contribution in [0.5, 0.6) is 0 Å². The molecule has 0 aromatic heterocycles. The monoisotopic (exact) mass is 509 g/mol. The molecule has 0 saturated carbocycles. The number of Topliss-reactive ketones (excluding diaryl/α,β-unsaturated/α-hetero) is 1. The first-order chi connectivity index (χ1) is 17.2. The third-order valence-corrected chi connectivity index (χ3v) is 7.51. The SMILES string of the molecule is CCCC1C(=O)OCCCCN(C(=O)CN2CCOCC2)CCN(C)C[C@H](C)C[C@@H](C)C[C@@H](C)C1=O. The van der Waals surface area contributed by atoms with Gasteiger partial charge in [-0.15, -0.1) is 0 Å². The van der Waals surface area contributed by atoms with Crippen LogP contribution in [0.4, 0.5) is 0 Å². The van der Waals surface area contributed by atoms with E-state index >= 15 is 0 Å². The summed E-state index contributed by atoms with van der Waals surface area (Å²) in [4.78, 5) is 45.5. The molecule has 2 rings (SSSR count).